The Hall–Kier alpha value is -2.98. The van der Waals surface area contributed by atoms with Gasteiger partial charge in [-0.25, -0.2) is 4.79 Å². The van der Waals surface area contributed by atoms with E-state index in [2.05, 4.69) is 32.3 Å². The van der Waals surface area contributed by atoms with E-state index in [1.807, 2.05) is 16.7 Å². The lowest BCUT2D eigenvalue weighted by atomic mass is 10.1. The summed E-state index contributed by atoms with van der Waals surface area (Å²) in [6.45, 7) is 7.66. The molecule has 3 amide bonds. The normalized spacial score (nSPS) is 21.0. The number of aliphatic hydroxyl groups excluding tert-OH is 1. The summed E-state index contributed by atoms with van der Waals surface area (Å²) in [6.07, 6.45) is 3.27. The number of rotatable bonds is 6. The first kappa shape index (κ1) is 22.2. The van der Waals surface area contributed by atoms with Crippen LogP contribution in [0.1, 0.15) is 54.5 Å². The molecular weight excluding hydrogens is 410 g/mol. The van der Waals surface area contributed by atoms with Crippen molar-refractivity contribution in [2.24, 2.45) is 0 Å². The molecule has 10 heteroatoms. The van der Waals surface area contributed by atoms with Gasteiger partial charge in [0.15, 0.2) is 5.82 Å². The number of nitrogens with one attached hydrogen (secondary N) is 2. The molecular formula is C22H31N7O3. The van der Waals surface area contributed by atoms with Crippen LogP contribution in [0.25, 0.3) is 0 Å². The van der Waals surface area contributed by atoms with Crippen molar-refractivity contribution in [2.45, 2.75) is 45.3 Å². The number of pyridine rings is 1. The zero-order valence-corrected chi connectivity index (χ0v) is 18.6. The maximum Gasteiger partial charge on any atom is 0.320 e. The molecule has 0 bridgehead atoms. The van der Waals surface area contributed by atoms with Gasteiger partial charge in [-0.1, -0.05) is 13.0 Å². The Morgan fingerprint density at radius 3 is 2.88 bits per heavy atom. The fraction of sp³-hybridized carbons (Fsp3) is 0.545. The highest BCUT2D eigenvalue weighted by molar-refractivity contribution is 6.02. The van der Waals surface area contributed by atoms with Crippen LogP contribution in [0.2, 0.25) is 0 Å². The summed E-state index contributed by atoms with van der Waals surface area (Å²) in [6, 6.07) is 5.12. The van der Waals surface area contributed by atoms with Gasteiger partial charge in [-0.3, -0.25) is 19.8 Å². The number of fused-ring (bicyclic) bond motifs is 1. The highest BCUT2D eigenvalue weighted by Gasteiger charge is 2.39. The molecule has 1 fully saturated rings. The number of carbonyl (C=O) groups is 2. The van der Waals surface area contributed by atoms with E-state index in [0.29, 0.717) is 37.6 Å². The lowest BCUT2D eigenvalue weighted by Crippen LogP contribution is -2.57. The largest absolute Gasteiger partial charge is 0.396 e. The number of aromatic amines is 1. The second kappa shape index (κ2) is 9.66. The van der Waals surface area contributed by atoms with Crippen LogP contribution in [0.15, 0.2) is 24.4 Å². The monoisotopic (exact) mass is 441 g/mol. The highest BCUT2D eigenvalue weighted by atomic mass is 16.3. The van der Waals surface area contributed by atoms with Gasteiger partial charge in [-0.05, 0) is 38.4 Å². The smallest absolute Gasteiger partial charge is 0.320 e. The molecule has 0 spiro atoms. The minimum Gasteiger partial charge on any atom is -0.396 e. The zero-order valence-electron chi connectivity index (χ0n) is 18.6. The molecule has 1 unspecified atom stereocenters. The van der Waals surface area contributed by atoms with Crippen LogP contribution in [0.3, 0.4) is 0 Å². The first-order valence-electron chi connectivity index (χ1n) is 11.2. The second-order valence-electron chi connectivity index (χ2n) is 8.37. The summed E-state index contributed by atoms with van der Waals surface area (Å²) in [7, 11) is 0. The molecule has 0 saturated carbocycles. The van der Waals surface area contributed by atoms with Gasteiger partial charge in [0.2, 0.25) is 0 Å². The molecule has 2 aliphatic heterocycles. The van der Waals surface area contributed by atoms with Crippen molar-refractivity contribution in [3.8, 4) is 0 Å². The molecule has 0 aliphatic carbocycles. The fourth-order valence-corrected chi connectivity index (χ4v) is 4.61. The van der Waals surface area contributed by atoms with Gasteiger partial charge >= 0.3 is 6.03 Å². The Morgan fingerprint density at radius 2 is 2.16 bits per heavy atom. The number of hydrogen-bond acceptors (Lipinski definition) is 6. The van der Waals surface area contributed by atoms with Gasteiger partial charge in [0.05, 0.1) is 18.3 Å². The van der Waals surface area contributed by atoms with E-state index in [1.165, 1.54) is 0 Å². The number of aliphatic hydroxyl groups is 1. The Bertz CT molecular complexity index is 948. The third-order valence-electron chi connectivity index (χ3n) is 6.34. The van der Waals surface area contributed by atoms with E-state index in [-0.39, 0.29) is 30.6 Å². The molecule has 2 aromatic heterocycles. The molecule has 2 atom stereocenters. The summed E-state index contributed by atoms with van der Waals surface area (Å²) in [5.74, 6) is 0.0972. The maximum atomic E-state index is 13.4. The molecule has 2 aromatic rings. The molecule has 172 valence electrons. The van der Waals surface area contributed by atoms with Crippen molar-refractivity contribution in [3.05, 3.63) is 41.3 Å². The molecule has 4 heterocycles. The first-order chi connectivity index (χ1) is 15.5. The quantitative estimate of drug-likeness (QED) is 0.630. The Labute approximate surface area is 187 Å². The number of hydrogen-bond donors (Lipinski definition) is 3. The summed E-state index contributed by atoms with van der Waals surface area (Å²) < 4.78 is 0. The number of anilines is 1. The van der Waals surface area contributed by atoms with Crippen LogP contribution >= 0.6 is 0 Å². The highest BCUT2D eigenvalue weighted by Crippen LogP contribution is 2.36. The van der Waals surface area contributed by atoms with E-state index in [9.17, 15) is 14.7 Å². The van der Waals surface area contributed by atoms with Crippen molar-refractivity contribution in [3.63, 3.8) is 0 Å². The number of nitrogens with zero attached hydrogens (tertiary/aromatic N) is 5. The van der Waals surface area contributed by atoms with E-state index in [1.54, 1.807) is 24.4 Å². The van der Waals surface area contributed by atoms with Gasteiger partial charge in [0.1, 0.15) is 5.69 Å². The molecule has 32 heavy (non-hydrogen) atoms. The van der Waals surface area contributed by atoms with Gasteiger partial charge in [0.25, 0.3) is 5.91 Å². The van der Waals surface area contributed by atoms with Crippen LogP contribution in [0.5, 0.6) is 0 Å². The van der Waals surface area contributed by atoms with Crippen molar-refractivity contribution in [1.29, 1.82) is 0 Å². The van der Waals surface area contributed by atoms with Crippen molar-refractivity contribution in [1.82, 2.24) is 29.9 Å². The van der Waals surface area contributed by atoms with Crippen LogP contribution in [-0.2, 0) is 6.54 Å². The van der Waals surface area contributed by atoms with Gasteiger partial charge < -0.3 is 20.2 Å². The van der Waals surface area contributed by atoms with E-state index < -0.39 is 0 Å². The summed E-state index contributed by atoms with van der Waals surface area (Å²) in [5, 5.41) is 19.5. The Kier molecular flexibility index (Phi) is 6.71. The lowest BCUT2D eigenvalue weighted by Gasteiger charge is -2.43. The number of amides is 3. The van der Waals surface area contributed by atoms with E-state index in [0.717, 1.165) is 30.8 Å². The zero-order chi connectivity index (χ0) is 22.7. The Balaban J connectivity index is 1.44. The summed E-state index contributed by atoms with van der Waals surface area (Å²) in [4.78, 5) is 36.0. The number of aromatic nitrogens is 3. The van der Waals surface area contributed by atoms with Gasteiger partial charge in [-0.2, -0.15) is 5.10 Å². The van der Waals surface area contributed by atoms with E-state index in [4.69, 9.17) is 0 Å². The lowest BCUT2D eigenvalue weighted by molar-refractivity contribution is 0.0580. The van der Waals surface area contributed by atoms with Crippen molar-refractivity contribution < 1.29 is 14.7 Å². The van der Waals surface area contributed by atoms with Crippen LogP contribution in [0.4, 0.5) is 10.6 Å². The average Bonchev–Trinajstić information content (AvgIpc) is 3.35. The third-order valence-corrected chi connectivity index (χ3v) is 6.34. The average molecular weight is 442 g/mol. The maximum absolute atomic E-state index is 13.4. The van der Waals surface area contributed by atoms with Crippen LogP contribution in [-0.4, -0.2) is 85.8 Å². The number of urea groups is 1. The van der Waals surface area contributed by atoms with E-state index >= 15 is 0 Å². The molecule has 4 rings (SSSR count). The first-order valence-corrected chi connectivity index (χ1v) is 11.2. The topological polar surface area (TPSA) is 118 Å². The number of carbonyl (C=O) groups excluding carboxylic acids is 2. The summed E-state index contributed by atoms with van der Waals surface area (Å²) >= 11 is 0. The van der Waals surface area contributed by atoms with Crippen LogP contribution in [0, 0.1) is 0 Å². The fourth-order valence-electron chi connectivity index (χ4n) is 4.61. The molecule has 10 nitrogen and oxygen atoms in total. The molecule has 1 saturated heterocycles. The van der Waals surface area contributed by atoms with Crippen molar-refractivity contribution in [2.75, 3.05) is 38.1 Å². The van der Waals surface area contributed by atoms with Gasteiger partial charge in [-0.15, -0.1) is 0 Å². The predicted molar refractivity (Wildman–Crippen MR) is 119 cm³/mol. The molecule has 0 aromatic carbocycles. The SMILES string of the molecule is CCCN1CCN(C(=O)N2Cc3c(NC(=O)c4ccccn4)n[nH]c3C2C)C[C@H]1CCO. The second-order valence-corrected chi connectivity index (χ2v) is 8.37. The van der Waals surface area contributed by atoms with Gasteiger partial charge in [0, 0.05) is 44.0 Å². The molecule has 2 aliphatic rings. The molecule has 3 N–H and O–H groups in total. The predicted octanol–water partition coefficient (Wildman–Crippen LogP) is 1.83. The Morgan fingerprint density at radius 1 is 1.31 bits per heavy atom. The molecule has 0 radical (unpaired) electrons. The van der Waals surface area contributed by atoms with Crippen molar-refractivity contribution >= 4 is 17.8 Å². The number of H-pyrrole nitrogens is 1. The standard InChI is InChI=1S/C22H31N7O3/c1-3-9-27-10-11-28(13-16(27)7-12-30)22(32)29-14-17-19(15(29)2)25-26-20(17)24-21(31)18-6-4-5-8-23-18/h4-6,8,15-16,30H,3,7,9-14H2,1-2H3,(H2,24,25,26,31)/t15?,16-/m1/s1. The summed E-state index contributed by atoms with van der Waals surface area (Å²) in [5.41, 5.74) is 1.97. The third kappa shape index (κ3) is 4.33. The minimum atomic E-state index is -0.337. The minimum absolute atomic E-state index is 0.0248. The number of piperazine rings is 1. The van der Waals surface area contributed by atoms with Crippen LogP contribution < -0.4 is 5.32 Å².